The number of hydrogen-bond acceptors (Lipinski definition) is 4. The molecule has 0 bridgehead atoms. The van der Waals surface area contributed by atoms with Gasteiger partial charge in [-0.1, -0.05) is 0 Å². The molecule has 0 aliphatic carbocycles. The molecule has 3 rings (SSSR count). The molecule has 0 saturated carbocycles. The summed E-state index contributed by atoms with van der Waals surface area (Å²) in [5.41, 5.74) is 2.59. The van der Waals surface area contributed by atoms with Crippen LogP contribution in [0.25, 0.3) is 22.1 Å². The van der Waals surface area contributed by atoms with Crippen LogP contribution in [0.15, 0.2) is 29.9 Å². The second-order valence-corrected chi connectivity index (χ2v) is 3.81. The van der Waals surface area contributed by atoms with Crippen molar-refractivity contribution < 1.29 is 0 Å². The first-order valence-electron chi connectivity index (χ1n) is 4.39. The molecule has 15 heavy (non-hydrogen) atoms. The Hall–Kier alpha value is -1.95. The topological polar surface area (TPSA) is 70.2 Å². The molecule has 3 aromatic rings. The summed E-state index contributed by atoms with van der Waals surface area (Å²) in [6.45, 7) is 0. The van der Waals surface area contributed by atoms with Crippen LogP contribution >= 0.6 is 11.3 Å². The highest BCUT2D eigenvalue weighted by molar-refractivity contribution is 7.13. The third-order valence-electron chi connectivity index (χ3n) is 1.99. The summed E-state index contributed by atoms with van der Waals surface area (Å²) in [6, 6.07) is 3.79. The number of nitrogens with zero attached hydrogens (tertiary/aromatic N) is 3. The van der Waals surface area contributed by atoms with Gasteiger partial charge in [-0.15, -0.1) is 11.3 Å². The van der Waals surface area contributed by atoms with Crippen molar-refractivity contribution >= 4 is 11.3 Å². The van der Waals surface area contributed by atoms with Crippen molar-refractivity contribution in [3.63, 3.8) is 0 Å². The molecule has 0 unspecified atom stereocenters. The maximum absolute atomic E-state index is 4.45. The molecule has 6 heteroatoms. The Morgan fingerprint density at radius 3 is 2.33 bits per heavy atom. The predicted octanol–water partition coefficient (Wildman–Crippen LogP) is 1.92. The number of thiazole rings is 1. The molecule has 3 aromatic heterocycles. The van der Waals surface area contributed by atoms with E-state index in [1.165, 1.54) is 0 Å². The third kappa shape index (κ3) is 1.44. The lowest BCUT2D eigenvalue weighted by Crippen LogP contribution is -1.79. The van der Waals surface area contributed by atoms with E-state index >= 15 is 0 Å². The van der Waals surface area contributed by atoms with Crippen LogP contribution in [0.1, 0.15) is 0 Å². The summed E-state index contributed by atoms with van der Waals surface area (Å²) in [5.74, 6) is 0. The van der Waals surface area contributed by atoms with Crippen LogP contribution in [0.4, 0.5) is 0 Å². The van der Waals surface area contributed by atoms with Crippen molar-refractivity contribution in [1.29, 1.82) is 0 Å². The standard InChI is InChI=1S/C9H7N5S/c1-3-10-13-6(1)8-5-15-9(12-8)7-2-4-11-14-7/h1-5H,(H,10,13)(H,11,14). The van der Waals surface area contributed by atoms with Gasteiger partial charge < -0.3 is 0 Å². The van der Waals surface area contributed by atoms with Crippen LogP contribution in [0, 0.1) is 0 Å². The summed E-state index contributed by atoms with van der Waals surface area (Å²) >= 11 is 1.56. The minimum atomic E-state index is 0.855. The zero-order valence-electron chi connectivity index (χ0n) is 7.64. The minimum absolute atomic E-state index is 0.855. The first kappa shape index (κ1) is 8.37. The Kier molecular flexibility index (Phi) is 1.85. The monoisotopic (exact) mass is 217 g/mol. The number of aromatic nitrogens is 5. The number of nitrogens with one attached hydrogen (secondary N) is 2. The second kappa shape index (κ2) is 3.32. The van der Waals surface area contributed by atoms with Gasteiger partial charge in [0.2, 0.25) is 0 Å². The lowest BCUT2D eigenvalue weighted by Gasteiger charge is -1.86. The van der Waals surface area contributed by atoms with Gasteiger partial charge in [-0.3, -0.25) is 10.2 Å². The molecule has 0 aliphatic rings. The number of hydrogen-bond donors (Lipinski definition) is 2. The molecule has 0 amide bonds. The van der Waals surface area contributed by atoms with Crippen molar-refractivity contribution in [3.8, 4) is 22.1 Å². The summed E-state index contributed by atoms with van der Waals surface area (Å²) in [5, 5.41) is 16.5. The Morgan fingerprint density at radius 1 is 0.933 bits per heavy atom. The van der Waals surface area contributed by atoms with Crippen molar-refractivity contribution in [2.75, 3.05) is 0 Å². The van der Waals surface area contributed by atoms with Crippen LogP contribution in [-0.2, 0) is 0 Å². The highest BCUT2D eigenvalue weighted by Gasteiger charge is 2.08. The Bertz CT molecular complexity index is 488. The molecule has 74 valence electrons. The van der Waals surface area contributed by atoms with E-state index in [4.69, 9.17) is 0 Å². The molecule has 3 heterocycles. The fourth-order valence-corrected chi connectivity index (χ4v) is 2.07. The molecule has 0 saturated heterocycles. The molecule has 0 aliphatic heterocycles. The molecule has 0 radical (unpaired) electrons. The third-order valence-corrected chi connectivity index (χ3v) is 2.85. The van der Waals surface area contributed by atoms with Crippen molar-refractivity contribution in [1.82, 2.24) is 25.4 Å². The van der Waals surface area contributed by atoms with E-state index in [2.05, 4.69) is 25.4 Å². The average molecular weight is 217 g/mol. The first-order valence-corrected chi connectivity index (χ1v) is 5.27. The summed E-state index contributed by atoms with van der Waals surface area (Å²) in [7, 11) is 0. The van der Waals surface area contributed by atoms with Gasteiger partial charge in [0.15, 0.2) is 0 Å². The van der Waals surface area contributed by atoms with Crippen LogP contribution in [0.3, 0.4) is 0 Å². The van der Waals surface area contributed by atoms with Crippen LogP contribution in [0.2, 0.25) is 0 Å². The Morgan fingerprint density at radius 2 is 1.67 bits per heavy atom. The zero-order chi connectivity index (χ0) is 10.1. The van der Waals surface area contributed by atoms with Crippen molar-refractivity contribution in [2.24, 2.45) is 0 Å². The van der Waals surface area contributed by atoms with Crippen molar-refractivity contribution in [2.45, 2.75) is 0 Å². The van der Waals surface area contributed by atoms with Gasteiger partial charge in [0.05, 0.1) is 0 Å². The number of aromatic amines is 2. The molecule has 0 atom stereocenters. The molecule has 0 spiro atoms. The van der Waals surface area contributed by atoms with Gasteiger partial charge in [-0.05, 0) is 12.1 Å². The lowest BCUT2D eigenvalue weighted by molar-refractivity contribution is 1.08. The van der Waals surface area contributed by atoms with E-state index in [9.17, 15) is 0 Å². The predicted molar refractivity (Wildman–Crippen MR) is 57.3 cm³/mol. The average Bonchev–Trinajstić information content (AvgIpc) is 3.02. The number of rotatable bonds is 2. The maximum atomic E-state index is 4.45. The molecular weight excluding hydrogens is 210 g/mol. The first-order chi connectivity index (χ1) is 7.43. The number of H-pyrrole nitrogens is 2. The van der Waals surface area contributed by atoms with Crippen LogP contribution in [-0.4, -0.2) is 25.4 Å². The molecular formula is C9H7N5S. The van der Waals surface area contributed by atoms with E-state index < -0.39 is 0 Å². The Balaban J connectivity index is 2.02. The van der Waals surface area contributed by atoms with Gasteiger partial charge in [0, 0.05) is 17.8 Å². The second-order valence-electron chi connectivity index (χ2n) is 2.96. The van der Waals surface area contributed by atoms with Gasteiger partial charge >= 0.3 is 0 Å². The summed E-state index contributed by atoms with van der Waals surface area (Å²) in [4.78, 5) is 4.45. The summed E-state index contributed by atoms with van der Waals surface area (Å²) in [6.07, 6.45) is 3.56. The highest BCUT2D eigenvalue weighted by atomic mass is 32.1. The molecule has 0 aromatic carbocycles. The zero-order valence-corrected chi connectivity index (χ0v) is 8.45. The quantitative estimate of drug-likeness (QED) is 0.689. The smallest absolute Gasteiger partial charge is 0.144 e. The molecule has 0 fully saturated rings. The van der Waals surface area contributed by atoms with E-state index in [0.717, 1.165) is 22.1 Å². The molecule has 2 N–H and O–H groups in total. The van der Waals surface area contributed by atoms with E-state index in [1.807, 2.05) is 17.5 Å². The summed E-state index contributed by atoms with van der Waals surface area (Å²) < 4.78 is 0. The fraction of sp³-hybridized carbons (Fsp3) is 0. The lowest BCUT2D eigenvalue weighted by atomic mass is 10.3. The largest absolute Gasteiger partial charge is 0.285 e. The van der Waals surface area contributed by atoms with E-state index in [1.54, 1.807) is 23.7 Å². The van der Waals surface area contributed by atoms with Gasteiger partial charge in [0.1, 0.15) is 22.1 Å². The van der Waals surface area contributed by atoms with Crippen LogP contribution in [0.5, 0.6) is 0 Å². The molecule has 5 nitrogen and oxygen atoms in total. The van der Waals surface area contributed by atoms with E-state index in [-0.39, 0.29) is 0 Å². The fourth-order valence-electron chi connectivity index (χ4n) is 1.29. The van der Waals surface area contributed by atoms with Gasteiger partial charge in [-0.25, -0.2) is 4.98 Å². The maximum Gasteiger partial charge on any atom is 0.144 e. The normalized spacial score (nSPS) is 10.7. The minimum Gasteiger partial charge on any atom is -0.285 e. The SMILES string of the molecule is c1cc(-c2csc(-c3cc[nH]n3)n2)n[nH]1. The van der Waals surface area contributed by atoms with Gasteiger partial charge in [0.25, 0.3) is 0 Å². The van der Waals surface area contributed by atoms with E-state index in [0.29, 0.717) is 0 Å². The van der Waals surface area contributed by atoms with Crippen molar-refractivity contribution in [3.05, 3.63) is 29.9 Å². The van der Waals surface area contributed by atoms with Gasteiger partial charge in [-0.2, -0.15) is 10.2 Å². The van der Waals surface area contributed by atoms with Crippen LogP contribution < -0.4 is 0 Å². The Labute approximate surface area is 89.2 Å². The highest BCUT2D eigenvalue weighted by Crippen LogP contribution is 2.25.